The van der Waals surface area contributed by atoms with Crippen molar-refractivity contribution in [3.63, 3.8) is 0 Å². The summed E-state index contributed by atoms with van der Waals surface area (Å²) in [7, 11) is 0. The molecule has 30 heavy (non-hydrogen) atoms. The Bertz CT molecular complexity index is 1160. The highest BCUT2D eigenvalue weighted by atomic mass is 19.1. The van der Waals surface area contributed by atoms with Gasteiger partial charge in [0.25, 0.3) is 0 Å². The Labute approximate surface area is 178 Å². The van der Waals surface area contributed by atoms with Crippen molar-refractivity contribution < 1.29 is 4.39 Å². The molecule has 0 aliphatic heterocycles. The molecule has 1 N–H and O–H groups in total. The first-order valence-corrected chi connectivity index (χ1v) is 10.7. The average Bonchev–Trinajstić information content (AvgIpc) is 3.01. The number of hydrogen-bond donors (Lipinski definition) is 1. The van der Waals surface area contributed by atoms with Gasteiger partial charge in [0.05, 0.1) is 11.2 Å². The molecule has 0 atom stereocenters. The second kappa shape index (κ2) is 8.85. The zero-order valence-corrected chi connectivity index (χ0v) is 18.0. The second-order valence-corrected chi connectivity index (χ2v) is 8.00. The summed E-state index contributed by atoms with van der Waals surface area (Å²) < 4.78 is 17.8. The number of aromatic nitrogens is 1. The van der Waals surface area contributed by atoms with Gasteiger partial charge < -0.3 is 9.88 Å². The van der Waals surface area contributed by atoms with E-state index in [4.69, 9.17) is 0 Å². The Morgan fingerprint density at radius 3 is 2.37 bits per heavy atom. The average molecular weight is 401 g/mol. The van der Waals surface area contributed by atoms with Crippen molar-refractivity contribution in [1.82, 2.24) is 9.88 Å². The van der Waals surface area contributed by atoms with E-state index in [0.29, 0.717) is 17.6 Å². The van der Waals surface area contributed by atoms with Gasteiger partial charge in [-0.05, 0) is 62.2 Å². The minimum absolute atomic E-state index is 0.134. The monoisotopic (exact) mass is 400 g/mol. The lowest BCUT2D eigenvalue weighted by atomic mass is 10.0. The van der Waals surface area contributed by atoms with Crippen LogP contribution in [0.2, 0.25) is 0 Å². The second-order valence-electron chi connectivity index (χ2n) is 8.00. The van der Waals surface area contributed by atoms with E-state index in [1.165, 1.54) is 11.1 Å². The van der Waals surface area contributed by atoms with E-state index < -0.39 is 0 Å². The van der Waals surface area contributed by atoms with Crippen molar-refractivity contribution in [3.05, 3.63) is 94.8 Å². The lowest BCUT2D eigenvalue weighted by Gasteiger charge is -2.13. The maximum Gasteiger partial charge on any atom is 0.156 e. The Kier molecular flexibility index (Phi) is 6.01. The number of likely N-dealkylation sites (N-methyl/N-ethyl adjacent to an activating group) is 1. The van der Waals surface area contributed by atoms with Crippen LogP contribution in [-0.2, 0) is 13.0 Å². The fourth-order valence-electron chi connectivity index (χ4n) is 4.10. The molecule has 0 saturated heterocycles. The summed E-state index contributed by atoms with van der Waals surface area (Å²) in [6.45, 7) is 8.79. The van der Waals surface area contributed by atoms with Crippen molar-refractivity contribution in [3.8, 4) is 11.3 Å². The van der Waals surface area contributed by atoms with Crippen LogP contribution in [0.5, 0.6) is 0 Å². The number of aryl methyl sites for hydroxylation is 2. The number of fused-ring (bicyclic) bond motifs is 1. The summed E-state index contributed by atoms with van der Waals surface area (Å²) in [5.41, 5.74) is 7.20. The zero-order valence-electron chi connectivity index (χ0n) is 18.0. The van der Waals surface area contributed by atoms with E-state index in [-0.39, 0.29) is 5.82 Å². The van der Waals surface area contributed by atoms with E-state index in [0.717, 1.165) is 41.7 Å². The quantitative estimate of drug-likeness (QED) is 0.362. The van der Waals surface area contributed by atoms with Gasteiger partial charge in [-0.1, -0.05) is 67.1 Å². The highest BCUT2D eigenvalue weighted by Crippen LogP contribution is 2.35. The topological polar surface area (TPSA) is 17.0 Å². The van der Waals surface area contributed by atoms with E-state index in [1.807, 2.05) is 50.2 Å². The number of rotatable bonds is 7. The maximum absolute atomic E-state index is 15.6. The van der Waals surface area contributed by atoms with Crippen LogP contribution in [-0.4, -0.2) is 17.7 Å². The van der Waals surface area contributed by atoms with E-state index in [2.05, 4.69) is 47.1 Å². The molecule has 0 amide bonds. The summed E-state index contributed by atoms with van der Waals surface area (Å²) in [5.74, 6) is -0.134. The van der Waals surface area contributed by atoms with Gasteiger partial charge in [0.15, 0.2) is 5.82 Å². The molecule has 0 bridgehead atoms. The smallest absolute Gasteiger partial charge is 0.156 e. The third kappa shape index (κ3) is 4.03. The Morgan fingerprint density at radius 2 is 1.63 bits per heavy atom. The number of hydrogen-bond acceptors (Lipinski definition) is 1. The van der Waals surface area contributed by atoms with Gasteiger partial charge in [0.1, 0.15) is 0 Å². The number of nitrogens with one attached hydrogen (secondary N) is 1. The van der Waals surface area contributed by atoms with Gasteiger partial charge in [-0.2, -0.15) is 0 Å². The van der Waals surface area contributed by atoms with Crippen LogP contribution >= 0.6 is 0 Å². The van der Waals surface area contributed by atoms with Crippen molar-refractivity contribution in [2.45, 2.75) is 33.7 Å². The minimum Gasteiger partial charge on any atom is -0.334 e. The molecule has 1 aromatic heterocycles. The largest absolute Gasteiger partial charge is 0.334 e. The molecular formula is C27H29FN2. The van der Waals surface area contributed by atoms with Crippen molar-refractivity contribution in [1.29, 1.82) is 0 Å². The first-order valence-electron chi connectivity index (χ1n) is 10.7. The zero-order chi connectivity index (χ0) is 21.1. The fraction of sp³-hybridized carbons (Fsp3) is 0.259. The van der Waals surface area contributed by atoms with Gasteiger partial charge in [0, 0.05) is 17.5 Å². The van der Waals surface area contributed by atoms with Gasteiger partial charge >= 0.3 is 0 Å². The third-order valence-corrected chi connectivity index (χ3v) is 5.76. The molecule has 154 valence electrons. The fourth-order valence-corrected chi connectivity index (χ4v) is 4.10. The Morgan fingerprint density at radius 1 is 0.900 bits per heavy atom. The first kappa shape index (κ1) is 20.4. The van der Waals surface area contributed by atoms with Crippen LogP contribution < -0.4 is 5.32 Å². The molecule has 0 spiro atoms. The summed E-state index contributed by atoms with van der Waals surface area (Å²) in [5, 5.41) is 4.05. The van der Waals surface area contributed by atoms with Crippen molar-refractivity contribution in [2.24, 2.45) is 0 Å². The summed E-state index contributed by atoms with van der Waals surface area (Å²) in [4.78, 5) is 0. The van der Waals surface area contributed by atoms with E-state index in [9.17, 15) is 0 Å². The summed E-state index contributed by atoms with van der Waals surface area (Å²) in [6.07, 6.45) is 1.02. The SMILES string of the molecule is CCNCCc1ccc(Cn2c(-c3ccccc3C)c(F)c3cc(C)ccc32)cc1. The lowest BCUT2D eigenvalue weighted by Crippen LogP contribution is -2.16. The van der Waals surface area contributed by atoms with Gasteiger partial charge in [-0.25, -0.2) is 4.39 Å². The number of halogens is 1. The van der Waals surface area contributed by atoms with Crippen LogP contribution in [0.3, 0.4) is 0 Å². The summed E-state index contributed by atoms with van der Waals surface area (Å²) in [6, 6.07) is 22.8. The predicted octanol–water partition coefficient (Wildman–Crippen LogP) is 6.26. The predicted molar refractivity (Wildman–Crippen MR) is 125 cm³/mol. The molecule has 4 rings (SSSR count). The van der Waals surface area contributed by atoms with Crippen LogP contribution in [0.15, 0.2) is 66.7 Å². The molecule has 3 heteroatoms. The first-order chi connectivity index (χ1) is 14.6. The van der Waals surface area contributed by atoms with Crippen molar-refractivity contribution in [2.75, 3.05) is 13.1 Å². The molecule has 0 unspecified atom stereocenters. The maximum atomic E-state index is 15.6. The molecular weight excluding hydrogens is 371 g/mol. The number of nitrogens with zero attached hydrogens (tertiary/aromatic N) is 1. The molecule has 0 fully saturated rings. The van der Waals surface area contributed by atoms with Gasteiger partial charge in [0.2, 0.25) is 0 Å². The van der Waals surface area contributed by atoms with Gasteiger partial charge in [-0.15, -0.1) is 0 Å². The normalized spacial score (nSPS) is 11.3. The van der Waals surface area contributed by atoms with Crippen LogP contribution in [0.1, 0.15) is 29.2 Å². The molecule has 2 nitrogen and oxygen atoms in total. The minimum atomic E-state index is -0.134. The molecule has 4 aromatic rings. The highest BCUT2D eigenvalue weighted by molar-refractivity contribution is 5.89. The number of benzene rings is 3. The molecule has 1 heterocycles. The van der Waals surface area contributed by atoms with E-state index in [1.54, 1.807) is 0 Å². The highest BCUT2D eigenvalue weighted by Gasteiger charge is 2.20. The molecule has 0 aliphatic rings. The molecule has 0 aliphatic carbocycles. The molecule has 0 saturated carbocycles. The third-order valence-electron chi connectivity index (χ3n) is 5.76. The molecule has 0 radical (unpaired) electrons. The van der Waals surface area contributed by atoms with E-state index >= 15 is 4.39 Å². The van der Waals surface area contributed by atoms with Crippen molar-refractivity contribution >= 4 is 10.9 Å². The Hall–Kier alpha value is -2.91. The van der Waals surface area contributed by atoms with Crippen LogP contribution in [0.4, 0.5) is 4.39 Å². The Balaban J connectivity index is 1.76. The molecule has 3 aromatic carbocycles. The van der Waals surface area contributed by atoms with Crippen LogP contribution in [0.25, 0.3) is 22.2 Å². The van der Waals surface area contributed by atoms with Gasteiger partial charge in [-0.3, -0.25) is 0 Å². The standard InChI is InChI=1S/C27H29FN2/c1-4-29-16-15-21-10-12-22(13-11-21)18-30-25-14-9-19(2)17-24(25)26(28)27(30)23-8-6-5-7-20(23)3/h5-14,17,29H,4,15-16,18H2,1-3H3. The van der Waals surface area contributed by atoms with Crippen LogP contribution in [0, 0.1) is 19.7 Å². The lowest BCUT2D eigenvalue weighted by molar-refractivity contribution is 0.635. The summed E-state index contributed by atoms with van der Waals surface area (Å²) >= 11 is 0.